The summed E-state index contributed by atoms with van der Waals surface area (Å²) in [5.41, 5.74) is 8.25. The van der Waals surface area contributed by atoms with Crippen LogP contribution in [0.1, 0.15) is 11.3 Å². The Morgan fingerprint density at radius 1 is 1.42 bits per heavy atom. The number of halogens is 1. The van der Waals surface area contributed by atoms with Gasteiger partial charge in [0.1, 0.15) is 12.0 Å². The monoisotopic (exact) mass is 328 g/mol. The van der Waals surface area contributed by atoms with Crippen molar-refractivity contribution in [3.8, 4) is 0 Å². The van der Waals surface area contributed by atoms with Gasteiger partial charge in [-0.3, -0.25) is 10.1 Å². The molecule has 0 saturated carbocycles. The van der Waals surface area contributed by atoms with Crippen LogP contribution in [0.3, 0.4) is 0 Å². The van der Waals surface area contributed by atoms with E-state index in [0.29, 0.717) is 25.5 Å². The van der Waals surface area contributed by atoms with Gasteiger partial charge in [0.05, 0.1) is 4.92 Å². The van der Waals surface area contributed by atoms with Gasteiger partial charge in [0, 0.05) is 41.7 Å². The summed E-state index contributed by atoms with van der Waals surface area (Å²) in [6, 6.07) is 4.63. The summed E-state index contributed by atoms with van der Waals surface area (Å²) in [7, 11) is 0. The van der Waals surface area contributed by atoms with Crippen LogP contribution in [0.4, 0.5) is 21.8 Å². The number of hydrogen-bond donors (Lipinski definition) is 2. The van der Waals surface area contributed by atoms with E-state index in [2.05, 4.69) is 15.0 Å². The van der Waals surface area contributed by atoms with Crippen molar-refractivity contribution in [2.75, 3.05) is 17.2 Å². The Morgan fingerprint density at radius 3 is 3.00 bits per heavy atom. The molecule has 3 N–H and O–H groups in total. The SMILES string of the molecule is Nc1nc(N2CCc3[nH]c4ccc(F)cc4c3C2)ncc1[N+](=O)[O-]. The van der Waals surface area contributed by atoms with Gasteiger partial charge in [-0.25, -0.2) is 9.37 Å². The standard InChI is InChI=1S/C15H13FN6O2/c16-8-1-2-11-9(5-8)10-7-21(4-3-12(10)19-11)15-18-6-13(22(23)24)14(17)20-15/h1-2,5-6,19H,3-4,7H2,(H2,17,18,20). The predicted molar refractivity (Wildman–Crippen MR) is 86.1 cm³/mol. The van der Waals surface area contributed by atoms with Crippen LogP contribution in [0.15, 0.2) is 24.4 Å². The topological polar surface area (TPSA) is 114 Å². The number of nitrogen functional groups attached to an aromatic ring is 1. The van der Waals surface area contributed by atoms with Crippen LogP contribution in [-0.2, 0) is 13.0 Å². The average molecular weight is 328 g/mol. The Balaban J connectivity index is 1.71. The van der Waals surface area contributed by atoms with E-state index >= 15 is 0 Å². The molecule has 0 amide bonds. The van der Waals surface area contributed by atoms with E-state index < -0.39 is 4.92 Å². The number of nitro groups is 1. The Labute approximate surface area is 135 Å². The summed E-state index contributed by atoms with van der Waals surface area (Å²) < 4.78 is 13.5. The van der Waals surface area contributed by atoms with Gasteiger partial charge in [0.2, 0.25) is 11.8 Å². The maximum Gasteiger partial charge on any atom is 0.329 e. The van der Waals surface area contributed by atoms with Crippen LogP contribution in [0.5, 0.6) is 0 Å². The number of benzene rings is 1. The lowest BCUT2D eigenvalue weighted by Gasteiger charge is -2.27. The molecule has 9 heteroatoms. The molecule has 0 radical (unpaired) electrons. The highest BCUT2D eigenvalue weighted by atomic mass is 19.1. The van der Waals surface area contributed by atoms with Crippen molar-refractivity contribution in [3.05, 3.63) is 51.6 Å². The number of aromatic nitrogens is 3. The van der Waals surface area contributed by atoms with Crippen LogP contribution in [-0.4, -0.2) is 26.4 Å². The van der Waals surface area contributed by atoms with Crippen molar-refractivity contribution in [2.24, 2.45) is 0 Å². The van der Waals surface area contributed by atoms with Crippen LogP contribution < -0.4 is 10.6 Å². The minimum absolute atomic E-state index is 0.166. The molecular weight excluding hydrogens is 315 g/mol. The number of nitrogens with zero attached hydrogens (tertiary/aromatic N) is 4. The van der Waals surface area contributed by atoms with Crippen molar-refractivity contribution in [1.29, 1.82) is 0 Å². The maximum absolute atomic E-state index is 13.5. The van der Waals surface area contributed by atoms with E-state index in [4.69, 9.17) is 5.73 Å². The molecule has 8 nitrogen and oxygen atoms in total. The Morgan fingerprint density at radius 2 is 2.25 bits per heavy atom. The zero-order valence-corrected chi connectivity index (χ0v) is 12.5. The molecule has 4 rings (SSSR count). The number of aromatic amines is 1. The van der Waals surface area contributed by atoms with Crippen molar-refractivity contribution in [1.82, 2.24) is 15.0 Å². The first-order valence-corrected chi connectivity index (χ1v) is 7.34. The molecule has 0 spiro atoms. The van der Waals surface area contributed by atoms with Crippen LogP contribution in [0.2, 0.25) is 0 Å². The third-order valence-electron chi connectivity index (χ3n) is 4.20. The number of rotatable bonds is 2. The van der Waals surface area contributed by atoms with Crippen molar-refractivity contribution in [2.45, 2.75) is 13.0 Å². The molecule has 0 unspecified atom stereocenters. The van der Waals surface area contributed by atoms with E-state index in [1.807, 2.05) is 4.90 Å². The van der Waals surface area contributed by atoms with E-state index in [0.717, 1.165) is 28.4 Å². The van der Waals surface area contributed by atoms with Gasteiger partial charge in [-0.05, 0) is 18.2 Å². The molecule has 122 valence electrons. The fourth-order valence-electron chi connectivity index (χ4n) is 3.03. The van der Waals surface area contributed by atoms with Gasteiger partial charge in [-0.1, -0.05) is 0 Å². The molecule has 0 saturated heterocycles. The summed E-state index contributed by atoms with van der Waals surface area (Å²) in [5, 5.41) is 11.6. The lowest BCUT2D eigenvalue weighted by atomic mass is 10.0. The van der Waals surface area contributed by atoms with Gasteiger partial charge >= 0.3 is 5.69 Å². The molecule has 2 aromatic heterocycles. The van der Waals surface area contributed by atoms with Crippen molar-refractivity contribution < 1.29 is 9.31 Å². The van der Waals surface area contributed by atoms with Crippen LogP contribution >= 0.6 is 0 Å². The average Bonchev–Trinajstić information content (AvgIpc) is 2.91. The quantitative estimate of drug-likeness (QED) is 0.550. The fourth-order valence-corrected chi connectivity index (χ4v) is 3.03. The second-order valence-corrected chi connectivity index (χ2v) is 5.64. The first-order chi connectivity index (χ1) is 11.5. The molecule has 1 aliphatic heterocycles. The highest BCUT2D eigenvalue weighted by Gasteiger charge is 2.24. The third kappa shape index (κ3) is 2.21. The van der Waals surface area contributed by atoms with Crippen LogP contribution in [0.25, 0.3) is 10.9 Å². The smallest absolute Gasteiger partial charge is 0.329 e. The molecule has 1 aliphatic rings. The fraction of sp³-hybridized carbons (Fsp3) is 0.200. The van der Waals surface area contributed by atoms with Gasteiger partial charge in [-0.15, -0.1) is 0 Å². The number of nitrogens with one attached hydrogen (secondary N) is 1. The minimum atomic E-state index is -0.615. The summed E-state index contributed by atoms with van der Waals surface area (Å²) in [5.74, 6) is -0.132. The Kier molecular flexibility index (Phi) is 3.08. The van der Waals surface area contributed by atoms with Gasteiger partial charge in [-0.2, -0.15) is 4.98 Å². The molecular formula is C15H13FN6O2. The molecule has 3 aromatic rings. The largest absolute Gasteiger partial charge is 0.378 e. The lowest BCUT2D eigenvalue weighted by molar-refractivity contribution is -0.384. The number of fused-ring (bicyclic) bond motifs is 3. The minimum Gasteiger partial charge on any atom is -0.378 e. The normalized spacial score (nSPS) is 14.0. The molecule has 0 aliphatic carbocycles. The lowest BCUT2D eigenvalue weighted by Crippen LogP contribution is -2.31. The maximum atomic E-state index is 13.5. The van der Waals surface area contributed by atoms with Crippen molar-refractivity contribution in [3.63, 3.8) is 0 Å². The molecule has 24 heavy (non-hydrogen) atoms. The molecule has 0 bridgehead atoms. The third-order valence-corrected chi connectivity index (χ3v) is 4.20. The van der Waals surface area contributed by atoms with E-state index in [1.165, 1.54) is 12.1 Å². The number of nitrogens with two attached hydrogens (primary N) is 1. The van der Waals surface area contributed by atoms with E-state index in [9.17, 15) is 14.5 Å². The van der Waals surface area contributed by atoms with Crippen LogP contribution in [0, 0.1) is 15.9 Å². The first kappa shape index (κ1) is 14.4. The number of anilines is 2. The first-order valence-electron chi connectivity index (χ1n) is 7.34. The highest BCUT2D eigenvalue weighted by molar-refractivity contribution is 5.85. The Bertz CT molecular complexity index is 970. The zero-order valence-electron chi connectivity index (χ0n) is 12.5. The van der Waals surface area contributed by atoms with E-state index in [1.54, 1.807) is 6.07 Å². The zero-order chi connectivity index (χ0) is 16.8. The van der Waals surface area contributed by atoms with Crippen molar-refractivity contribution >= 4 is 28.4 Å². The van der Waals surface area contributed by atoms with Gasteiger partial charge in [0.15, 0.2) is 0 Å². The highest BCUT2D eigenvalue weighted by Crippen LogP contribution is 2.30. The number of hydrogen-bond acceptors (Lipinski definition) is 6. The Hall–Kier alpha value is -3.23. The number of H-pyrrole nitrogens is 1. The van der Waals surface area contributed by atoms with Gasteiger partial charge < -0.3 is 15.6 Å². The van der Waals surface area contributed by atoms with Gasteiger partial charge in [0.25, 0.3) is 0 Å². The summed E-state index contributed by atoms with van der Waals surface area (Å²) in [6.07, 6.45) is 1.83. The predicted octanol–water partition coefficient (Wildman–Crippen LogP) is 2.15. The molecule has 3 heterocycles. The summed E-state index contributed by atoms with van der Waals surface area (Å²) >= 11 is 0. The molecule has 1 aromatic carbocycles. The second kappa shape index (κ2) is 5.15. The van der Waals surface area contributed by atoms with E-state index in [-0.39, 0.29) is 17.3 Å². The summed E-state index contributed by atoms with van der Waals surface area (Å²) in [6.45, 7) is 1.12. The molecule has 0 fully saturated rings. The summed E-state index contributed by atoms with van der Waals surface area (Å²) in [4.78, 5) is 23.5. The second-order valence-electron chi connectivity index (χ2n) is 5.64. The molecule has 0 atom stereocenters.